The molecule has 1 saturated heterocycles. The second-order valence-corrected chi connectivity index (χ2v) is 6.42. The lowest BCUT2D eigenvalue weighted by molar-refractivity contribution is -0.0319. The van der Waals surface area contributed by atoms with Crippen molar-refractivity contribution in [2.45, 2.75) is 19.1 Å². The van der Waals surface area contributed by atoms with Crippen LogP contribution in [0.25, 0.3) is 0 Å². The maximum absolute atomic E-state index is 10.2. The van der Waals surface area contributed by atoms with Crippen LogP contribution in [0.3, 0.4) is 0 Å². The molecule has 6 nitrogen and oxygen atoms in total. The second-order valence-electron chi connectivity index (χ2n) is 6.42. The number of piperazine rings is 1. The average molecular weight is 409 g/mol. The molecule has 0 aromatic heterocycles. The molecule has 2 unspecified atom stereocenters. The number of hydrogen-bond acceptors (Lipinski definition) is 6. The highest BCUT2D eigenvalue weighted by Crippen LogP contribution is 2.30. The van der Waals surface area contributed by atoms with Gasteiger partial charge in [-0.15, -0.1) is 24.8 Å². The predicted molar refractivity (Wildman–Crippen MR) is 106 cm³/mol. The zero-order valence-electron chi connectivity index (χ0n) is 15.2. The van der Waals surface area contributed by atoms with Gasteiger partial charge < -0.3 is 24.2 Å². The van der Waals surface area contributed by atoms with E-state index < -0.39 is 6.10 Å². The van der Waals surface area contributed by atoms with Crippen LogP contribution in [0.15, 0.2) is 24.3 Å². The highest BCUT2D eigenvalue weighted by atomic mass is 35.5. The van der Waals surface area contributed by atoms with Crippen molar-refractivity contribution in [2.75, 3.05) is 59.1 Å². The fourth-order valence-electron chi connectivity index (χ4n) is 3.12. The third-order valence-corrected chi connectivity index (χ3v) is 4.56. The minimum atomic E-state index is -0.463. The summed E-state index contributed by atoms with van der Waals surface area (Å²) in [4.78, 5) is 4.73. The summed E-state index contributed by atoms with van der Waals surface area (Å²) in [6, 6.07) is 7.64. The molecule has 2 aliphatic heterocycles. The van der Waals surface area contributed by atoms with E-state index in [-0.39, 0.29) is 30.9 Å². The number of ether oxygens (including phenoxy) is 3. The molecule has 150 valence electrons. The number of para-hydroxylation sites is 2. The Kier molecular flexibility index (Phi) is 10.6. The standard InChI is InChI=1S/C18H28N2O4.2ClH/c1-2-19-7-9-20(10-8-19)11-15(21)12-22-13-16-14-23-17-5-3-4-6-18(17)24-16;;/h3-6,15-16,21H,2,7-14H2,1H3;2*1H. The molecule has 3 rings (SSSR count). The van der Waals surface area contributed by atoms with E-state index >= 15 is 0 Å². The van der Waals surface area contributed by atoms with Crippen molar-refractivity contribution < 1.29 is 19.3 Å². The van der Waals surface area contributed by atoms with E-state index in [1.54, 1.807) is 0 Å². The van der Waals surface area contributed by atoms with Crippen molar-refractivity contribution in [1.29, 1.82) is 0 Å². The molecule has 1 fully saturated rings. The van der Waals surface area contributed by atoms with Gasteiger partial charge in [-0.3, -0.25) is 4.90 Å². The molecule has 0 aliphatic carbocycles. The molecule has 0 spiro atoms. The lowest BCUT2D eigenvalue weighted by Crippen LogP contribution is -2.49. The number of halogens is 2. The first-order chi connectivity index (χ1) is 11.7. The number of likely N-dealkylation sites (N-methyl/N-ethyl adjacent to an activating group) is 1. The Morgan fingerprint density at radius 1 is 1.12 bits per heavy atom. The smallest absolute Gasteiger partial charge is 0.161 e. The number of aliphatic hydroxyl groups is 1. The van der Waals surface area contributed by atoms with E-state index in [2.05, 4.69) is 16.7 Å². The van der Waals surface area contributed by atoms with Crippen LogP contribution in [-0.2, 0) is 4.74 Å². The van der Waals surface area contributed by atoms with Gasteiger partial charge in [-0.05, 0) is 18.7 Å². The summed E-state index contributed by atoms with van der Waals surface area (Å²) in [6.45, 7) is 9.38. The number of nitrogens with zero attached hydrogens (tertiary/aromatic N) is 2. The zero-order valence-corrected chi connectivity index (χ0v) is 16.8. The molecule has 8 heteroatoms. The minimum absolute atomic E-state index is 0. The van der Waals surface area contributed by atoms with Gasteiger partial charge in [0.2, 0.25) is 0 Å². The average Bonchev–Trinajstić information content (AvgIpc) is 2.62. The number of aliphatic hydroxyl groups excluding tert-OH is 1. The van der Waals surface area contributed by atoms with Gasteiger partial charge >= 0.3 is 0 Å². The Labute approximate surface area is 168 Å². The molecule has 0 bridgehead atoms. The molecule has 0 amide bonds. The fourth-order valence-corrected chi connectivity index (χ4v) is 3.12. The SMILES string of the molecule is CCN1CCN(CC(O)COCC2COc3ccccc3O2)CC1.Cl.Cl. The first-order valence-electron chi connectivity index (χ1n) is 8.83. The first-order valence-corrected chi connectivity index (χ1v) is 8.83. The van der Waals surface area contributed by atoms with Crippen LogP contribution < -0.4 is 9.47 Å². The van der Waals surface area contributed by atoms with Crippen LogP contribution in [0.5, 0.6) is 11.5 Å². The largest absolute Gasteiger partial charge is 0.486 e. The zero-order chi connectivity index (χ0) is 16.8. The van der Waals surface area contributed by atoms with Crippen molar-refractivity contribution in [3.63, 3.8) is 0 Å². The molecule has 1 aromatic carbocycles. The predicted octanol–water partition coefficient (Wildman–Crippen LogP) is 1.69. The number of benzene rings is 1. The fraction of sp³-hybridized carbons (Fsp3) is 0.667. The molecule has 0 radical (unpaired) electrons. The van der Waals surface area contributed by atoms with Gasteiger partial charge in [-0.25, -0.2) is 0 Å². The molecule has 1 aromatic rings. The van der Waals surface area contributed by atoms with E-state index in [9.17, 15) is 5.11 Å². The Balaban J connectivity index is 0.00000169. The summed E-state index contributed by atoms with van der Waals surface area (Å²) >= 11 is 0. The van der Waals surface area contributed by atoms with Crippen molar-refractivity contribution in [3.8, 4) is 11.5 Å². The molecule has 0 saturated carbocycles. The Morgan fingerprint density at radius 2 is 1.77 bits per heavy atom. The summed E-state index contributed by atoms with van der Waals surface area (Å²) in [5.41, 5.74) is 0. The topological polar surface area (TPSA) is 54.4 Å². The van der Waals surface area contributed by atoms with Crippen molar-refractivity contribution >= 4 is 24.8 Å². The third-order valence-electron chi connectivity index (χ3n) is 4.56. The van der Waals surface area contributed by atoms with E-state index in [1.807, 2.05) is 24.3 Å². The van der Waals surface area contributed by atoms with Crippen LogP contribution >= 0.6 is 24.8 Å². The highest BCUT2D eigenvalue weighted by Gasteiger charge is 2.22. The Hall–Kier alpha value is -0.760. The van der Waals surface area contributed by atoms with Gasteiger partial charge in [0.25, 0.3) is 0 Å². The maximum Gasteiger partial charge on any atom is 0.161 e. The van der Waals surface area contributed by atoms with Crippen LogP contribution in [0.2, 0.25) is 0 Å². The molecule has 2 aliphatic rings. The van der Waals surface area contributed by atoms with E-state index in [4.69, 9.17) is 14.2 Å². The lowest BCUT2D eigenvalue weighted by Gasteiger charge is -2.35. The molecule has 2 heterocycles. The summed E-state index contributed by atoms with van der Waals surface area (Å²) in [6.07, 6.45) is -0.588. The summed E-state index contributed by atoms with van der Waals surface area (Å²) < 4.78 is 17.1. The quantitative estimate of drug-likeness (QED) is 0.740. The summed E-state index contributed by atoms with van der Waals surface area (Å²) in [5.74, 6) is 1.53. The van der Waals surface area contributed by atoms with Gasteiger partial charge in [0, 0.05) is 32.7 Å². The van der Waals surface area contributed by atoms with Crippen LogP contribution in [0.1, 0.15) is 6.92 Å². The summed E-state index contributed by atoms with van der Waals surface area (Å²) in [5, 5.41) is 10.2. The number of fused-ring (bicyclic) bond motifs is 1. The molecular formula is C18H30Cl2N2O4. The van der Waals surface area contributed by atoms with E-state index in [0.717, 1.165) is 44.2 Å². The molecule has 2 atom stereocenters. The van der Waals surface area contributed by atoms with Gasteiger partial charge in [-0.2, -0.15) is 0 Å². The monoisotopic (exact) mass is 408 g/mol. The van der Waals surface area contributed by atoms with Crippen LogP contribution in [0.4, 0.5) is 0 Å². The Morgan fingerprint density at radius 3 is 2.46 bits per heavy atom. The van der Waals surface area contributed by atoms with Crippen molar-refractivity contribution in [1.82, 2.24) is 9.80 Å². The van der Waals surface area contributed by atoms with Gasteiger partial charge in [0.1, 0.15) is 6.61 Å². The minimum Gasteiger partial charge on any atom is -0.486 e. The molecular weight excluding hydrogens is 379 g/mol. The van der Waals surface area contributed by atoms with Crippen LogP contribution in [0, 0.1) is 0 Å². The van der Waals surface area contributed by atoms with Crippen LogP contribution in [-0.4, -0.2) is 86.2 Å². The second kappa shape index (κ2) is 11.8. The number of β-amino-alcohol motifs (C(OH)–C–C–N with tert-alkyl or cyclic N) is 1. The molecule has 1 N–H and O–H groups in total. The van der Waals surface area contributed by atoms with Gasteiger partial charge in [-0.1, -0.05) is 19.1 Å². The number of rotatable bonds is 7. The first kappa shape index (κ1) is 23.3. The van der Waals surface area contributed by atoms with E-state index in [0.29, 0.717) is 26.4 Å². The number of hydrogen-bond donors (Lipinski definition) is 1. The lowest BCUT2D eigenvalue weighted by atomic mass is 10.2. The van der Waals surface area contributed by atoms with Gasteiger partial charge in [0.05, 0.1) is 19.3 Å². The highest BCUT2D eigenvalue weighted by molar-refractivity contribution is 5.85. The summed E-state index contributed by atoms with van der Waals surface area (Å²) in [7, 11) is 0. The van der Waals surface area contributed by atoms with Crippen molar-refractivity contribution in [3.05, 3.63) is 24.3 Å². The molecule has 26 heavy (non-hydrogen) atoms. The van der Waals surface area contributed by atoms with Crippen molar-refractivity contribution in [2.24, 2.45) is 0 Å². The normalized spacial score (nSPS) is 21.4. The third kappa shape index (κ3) is 6.76. The van der Waals surface area contributed by atoms with E-state index in [1.165, 1.54) is 0 Å². The maximum atomic E-state index is 10.2. The Bertz CT molecular complexity index is 516. The van der Waals surface area contributed by atoms with Gasteiger partial charge in [0.15, 0.2) is 17.6 Å².